The zero-order chi connectivity index (χ0) is 11.3. The average Bonchev–Trinajstić information content (AvgIpc) is 2.46. The van der Waals surface area contributed by atoms with Crippen molar-refractivity contribution in [2.24, 2.45) is 0 Å². The van der Waals surface area contributed by atoms with Gasteiger partial charge in [0.05, 0.1) is 6.61 Å². The smallest absolute Gasteiger partial charge is 0.407 e. The van der Waals surface area contributed by atoms with Crippen molar-refractivity contribution < 1.29 is 9.53 Å². The Kier molecular flexibility index (Phi) is 4.21. The highest BCUT2D eigenvalue weighted by Crippen LogP contribution is 2.09. The number of carbonyl (C=O) groups is 1. The zero-order valence-corrected chi connectivity index (χ0v) is 9.52. The Morgan fingerprint density at radius 3 is 2.80 bits per heavy atom. The number of hydrogen-bond donors (Lipinski definition) is 2. The second-order valence-electron chi connectivity index (χ2n) is 3.50. The molecule has 84 valence electrons. The van der Waals surface area contributed by atoms with Crippen molar-refractivity contribution in [1.82, 2.24) is 10.3 Å². The van der Waals surface area contributed by atoms with Gasteiger partial charge in [0.15, 0.2) is 0 Å². The van der Waals surface area contributed by atoms with Crippen LogP contribution in [0.4, 0.5) is 4.79 Å². The predicted octanol–water partition coefficient (Wildman–Crippen LogP) is 1.92. The van der Waals surface area contributed by atoms with Gasteiger partial charge in [0.1, 0.15) is 0 Å². The Balaban J connectivity index is 2.31. The van der Waals surface area contributed by atoms with Crippen LogP contribution in [0.1, 0.15) is 23.9 Å². The summed E-state index contributed by atoms with van der Waals surface area (Å²) in [6.45, 7) is 6.87. The number of H-pyrrole nitrogens is 1. The van der Waals surface area contributed by atoms with E-state index in [1.807, 2.05) is 13.8 Å². The van der Waals surface area contributed by atoms with E-state index in [1.54, 1.807) is 6.92 Å². The minimum atomic E-state index is -0.345. The Morgan fingerprint density at radius 1 is 1.53 bits per heavy atom. The van der Waals surface area contributed by atoms with Crippen molar-refractivity contribution >= 4 is 6.09 Å². The molecule has 1 heterocycles. The molecule has 0 unspecified atom stereocenters. The first kappa shape index (κ1) is 11.6. The number of aromatic amines is 1. The first-order valence-corrected chi connectivity index (χ1v) is 5.19. The summed E-state index contributed by atoms with van der Waals surface area (Å²) in [5, 5.41) is 2.69. The fraction of sp³-hybridized carbons (Fsp3) is 0.545. The quantitative estimate of drug-likeness (QED) is 0.797. The van der Waals surface area contributed by atoms with Gasteiger partial charge in [-0.1, -0.05) is 0 Å². The molecule has 0 aliphatic rings. The van der Waals surface area contributed by atoms with Gasteiger partial charge in [-0.15, -0.1) is 0 Å². The van der Waals surface area contributed by atoms with Crippen LogP contribution in [0.3, 0.4) is 0 Å². The summed E-state index contributed by atoms with van der Waals surface area (Å²) in [4.78, 5) is 14.2. The van der Waals surface area contributed by atoms with Gasteiger partial charge in [-0.3, -0.25) is 0 Å². The number of nitrogens with one attached hydrogen (secondary N) is 2. The molecule has 1 amide bonds. The molecule has 0 bridgehead atoms. The SMILES string of the molecule is CCOC(=O)NCCc1cc(C)[nH]c1C. The zero-order valence-electron chi connectivity index (χ0n) is 9.52. The van der Waals surface area contributed by atoms with Crippen LogP contribution in [-0.2, 0) is 11.2 Å². The van der Waals surface area contributed by atoms with Crippen LogP contribution in [0.25, 0.3) is 0 Å². The van der Waals surface area contributed by atoms with Crippen LogP contribution in [0, 0.1) is 13.8 Å². The van der Waals surface area contributed by atoms with E-state index in [0.717, 1.165) is 17.8 Å². The third kappa shape index (κ3) is 3.65. The normalized spacial score (nSPS) is 10.1. The molecular formula is C11H18N2O2. The molecule has 1 rings (SSSR count). The number of aromatic nitrogens is 1. The topological polar surface area (TPSA) is 54.1 Å². The summed E-state index contributed by atoms with van der Waals surface area (Å²) in [5.41, 5.74) is 3.56. The van der Waals surface area contributed by atoms with E-state index in [1.165, 1.54) is 5.56 Å². The maximum Gasteiger partial charge on any atom is 0.407 e. The van der Waals surface area contributed by atoms with Gasteiger partial charge in [-0.05, 0) is 38.8 Å². The molecule has 0 aliphatic heterocycles. The summed E-state index contributed by atoms with van der Waals surface area (Å²) in [7, 11) is 0. The monoisotopic (exact) mass is 210 g/mol. The summed E-state index contributed by atoms with van der Waals surface area (Å²) in [5.74, 6) is 0. The predicted molar refractivity (Wildman–Crippen MR) is 59.0 cm³/mol. The molecule has 0 atom stereocenters. The minimum absolute atomic E-state index is 0.345. The number of rotatable bonds is 4. The van der Waals surface area contributed by atoms with Gasteiger partial charge in [0.2, 0.25) is 0 Å². The lowest BCUT2D eigenvalue weighted by Crippen LogP contribution is -2.26. The average molecular weight is 210 g/mol. The Morgan fingerprint density at radius 2 is 2.27 bits per heavy atom. The third-order valence-corrected chi connectivity index (χ3v) is 2.20. The minimum Gasteiger partial charge on any atom is -0.450 e. The molecule has 4 nitrogen and oxygen atoms in total. The summed E-state index contributed by atoms with van der Waals surface area (Å²) >= 11 is 0. The van der Waals surface area contributed by atoms with Gasteiger partial charge in [-0.25, -0.2) is 4.79 Å². The van der Waals surface area contributed by atoms with E-state index < -0.39 is 0 Å². The molecule has 1 aromatic heterocycles. The summed E-state index contributed by atoms with van der Waals surface area (Å²) < 4.78 is 4.76. The van der Waals surface area contributed by atoms with Crippen LogP contribution in [0.5, 0.6) is 0 Å². The molecule has 4 heteroatoms. The van der Waals surface area contributed by atoms with Crippen molar-refractivity contribution in [1.29, 1.82) is 0 Å². The molecule has 0 saturated carbocycles. The number of alkyl carbamates (subject to hydrolysis) is 1. The first-order valence-electron chi connectivity index (χ1n) is 5.19. The van der Waals surface area contributed by atoms with Crippen molar-refractivity contribution in [3.63, 3.8) is 0 Å². The second-order valence-corrected chi connectivity index (χ2v) is 3.50. The fourth-order valence-corrected chi connectivity index (χ4v) is 1.52. The van der Waals surface area contributed by atoms with E-state index in [9.17, 15) is 4.79 Å². The maximum atomic E-state index is 11.0. The van der Waals surface area contributed by atoms with Crippen LogP contribution < -0.4 is 5.32 Å². The van der Waals surface area contributed by atoms with Gasteiger partial charge >= 0.3 is 6.09 Å². The van der Waals surface area contributed by atoms with Gasteiger partial charge in [0, 0.05) is 17.9 Å². The molecule has 0 spiro atoms. The van der Waals surface area contributed by atoms with E-state index in [2.05, 4.69) is 16.4 Å². The summed E-state index contributed by atoms with van der Waals surface area (Å²) in [6.07, 6.45) is 0.483. The maximum absolute atomic E-state index is 11.0. The van der Waals surface area contributed by atoms with Crippen molar-refractivity contribution in [3.8, 4) is 0 Å². The van der Waals surface area contributed by atoms with Crippen LogP contribution in [0.15, 0.2) is 6.07 Å². The highest BCUT2D eigenvalue weighted by atomic mass is 16.5. The van der Waals surface area contributed by atoms with E-state index in [0.29, 0.717) is 13.2 Å². The van der Waals surface area contributed by atoms with Crippen molar-refractivity contribution in [2.75, 3.05) is 13.2 Å². The second kappa shape index (κ2) is 5.44. The van der Waals surface area contributed by atoms with E-state index in [4.69, 9.17) is 4.74 Å². The molecular weight excluding hydrogens is 192 g/mol. The first-order chi connectivity index (χ1) is 7.13. The van der Waals surface area contributed by atoms with E-state index in [-0.39, 0.29) is 6.09 Å². The number of aryl methyl sites for hydroxylation is 2. The Hall–Kier alpha value is -1.45. The van der Waals surface area contributed by atoms with Gasteiger partial charge < -0.3 is 15.0 Å². The lowest BCUT2D eigenvalue weighted by atomic mass is 10.2. The van der Waals surface area contributed by atoms with Gasteiger partial charge in [0.25, 0.3) is 0 Å². The molecule has 0 saturated heterocycles. The highest BCUT2D eigenvalue weighted by Gasteiger charge is 2.03. The highest BCUT2D eigenvalue weighted by molar-refractivity contribution is 5.67. The van der Waals surface area contributed by atoms with Crippen molar-refractivity contribution in [3.05, 3.63) is 23.0 Å². The Bertz CT molecular complexity index is 331. The number of hydrogen-bond acceptors (Lipinski definition) is 2. The number of amides is 1. The van der Waals surface area contributed by atoms with Crippen LogP contribution in [0.2, 0.25) is 0 Å². The molecule has 15 heavy (non-hydrogen) atoms. The van der Waals surface area contributed by atoms with Crippen molar-refractivity contribution in [2.45, 2.75) is 27.2 Å². The molecule has 0 radical (unpaired) electrons. The molecule has 0 aliphatic carbocycles. The lowest BCUT2D eigenvalue weighted by Gasteiger charge is -2.04. The third-order valence-electron chi connectivity index (χ3n) is 2.20. The standard InChI is InChI=1S/C11H18N2O2/c1-4-15-11(14)12-6-5-10-7-8(2)13-9(10)3/h7,13H,4-6H2,1-3H3,(H,12,14). The number of carbonyl (C=O) groups excluding carboxylic acids is 1. The lowest BCUT2D eigenvalue weighted by molar-refractivity contribution is 0.152. The van der Waals surface area contributed by atoms with Gasteiger partial charge in [-0.2, -0.15) is 0 Å². The fourth-order valence-electron chi connectivity index (χ4n) is 1.52. The molecule has 2 N–H and O–H groups in total. The molecule has 1 aromatic rings. The van der Waals surface area contributed by atoms with Crippen LogP contribution in [-0.4, -0.2) is 24.2 Å². The molecule has 0 fully saturated rings. The summed E-state index contributed by atoms with van der Waals surface area (Å²) in [6, 6.07) is 2.10. The number of ether oxygens (including phenoxy) is 1. The molecule has 0 aromatic carbocycles. The van der Waals surface area contributed by atoms with Crippen LogP contribution >= 0.6 is 0 Å². The largest absolute Gasteiger partial charge is 0.450 e. The van der Waals surface area contributed by atoms with E-state index >= 15 is 0 Å². The Labute approximate surface area is 90.0 Å².